The first-order valence-corrected chi connectivity index (χ1v) is 14.3. The van der Waals surface area contributed by atoms with Crippen molar-refractivity contribution in [2.45, 2.75) is 51.4 Å². The van der Waals surface area contributed by atoms with Gasteiger partial charge in [-0.1, -0.05) is 88.4 Å². The van der Waals surface area contributed by atoms with E-state index in [1.54, 1.807) is 0 Å². The highest BCUT2D eigenvalue weighted by molar-refractivity contribution is 6.07. The number of hydrogen-bond acceptors (Lipinski definition) is 2. The summed E-state index contributed by atoms with van der Waals surface area (Å²) in [5.41, 5.74) is 10.9. The first kappa shape index (κ1) is 24.7. The molecule has 0 bridgehead atoms. The van der Waals surface area contributed by atoms with Gasteiger partial charge in [0.25, 0.3) is 0 Å². The van der Waals surface area contributed by atoms with Crippen molar-refractivity contribution in [2.24, 2.45) is 0 Å². The van der Waals surface area contributed by atoms with Gasteiger partial charge in [-0.15, -0.1) is 0 Å². The molecule has 2 nitrogen and oxygen atoms in total. The molecule has 0 saturated carbocycles. The Balaban J connectivity index is 1.36. The van der Waals surface area contributed by atoms with Crippen LogP contribution in [0.4, 0.5) is 17.1 Å². The Labute approximate surface area is 236 Å². The fourth-order valence-corrected chi connectivity index (χ4v) is 6.42. The van der Waals surface area contributed by atoms with E-state index in [0.29, 0.717) is 0 Å². The van der Waals surface area contributed by atoms with Crippen LogP contribution in [0.25, 0.3) is 33.1 Å². The van der Waals surface area contributed by atoms with E-state index in [-0.39, 0.29) is 10.8 Å². The molecule has 0 aliphatic heterocycles. The van der Waals surface area contributed by atoms with Crippen LogP contribution in [0.5, 0.6) is 0 Å². The third-order valence-corrected chi connectivity index (χ3v) is 8.93. The van der Waals surface area contributed by atoms with Crippen LogP contribution in [0, 0.1) is 0 Å². The lowest BCUT2D eigenvalue weighted by atomic mass is 9.63. The van der Waals surface area contributed by atoms with E-state index < -0.39 is 0 Å². The van der Waals surface area contributed by atoms with E-state index in [9.17, 15) is 0 Å². The number of rotatable bonds is 4. The summed E-state index contributed by atoms with van der Waals surface area (Å²) < 4.78 is 6.59. The zero-order valence-electron chi connectivity index (χ0n) is 23.7. The van der Waals surface area contributed by atoms with Crippen LogP contribution in [0.15, 0.2) is 120 Å². The lowest BCUT2D eigenvalue weighted by Crippen LogP contribution is -2.33. The average molecular weight is 522 g/mol. The smallest absolute Gasteiger partial charge is 0.137 e. The van der Waals surface area contributed by atoms with Gasteiger partial charge in [0, 0.05) is 33.9 Å². The van der Waals surface area contributed by atoms with Crippen LogP contribution >= 0.6 is 0 Å². The summed E-state index contributed by atoms with van der Waals surface area (Å²) >= 11 is 0. The number of benzene rings is 5. The summed E-state index contributed by atoms with van der Waals surface area (Å²) in [5.74, 6) is 0. The molecule has 0 fully saturated rings. The number of anilines is 3. The first-order valence-electron chi connectivity index (χ1n) is 14.3. The maximum atomic E-state index is 6.59. The zero-order chi connectivity index (χ0) is 27.5. The summed E-state index contributed by atoms with van der Waals surface area (Å²) in [6.07, 6.45) is 2.39. The monoisotopic (exact) mass is 521 g/mol. The van der Waals surface area contributed by atoms with Gasteiger partial charge in [0.1, 0.15) is 11.2 Å². The lowest BCUT2D eigenvalue weighted by molar-refractivity contribution is 0.332. The van der Waals surface area contributed by atoms with E-state index in [0.717, 1.165) is 28.2 Å². The van der Waals surface area contributed by atoms with E-state index >= 15 is 0 Å². The van der Waals surface area contributed by atoms with Crippen molar-refractivity contribution in [2.75, 3.05) is 4.90 Å². The van der Waals surface area contributed by atoms with E-state index in [2.05, 4.69) is 148 Å². The van der Waals surface area contributed by atoms with Crippen molar-refractivity contribution in [3.63, 3.8) is 0 Å². The van der Waals surface area contributed by atoms with Gasteiger partial charge in [0.05, 0.1) is 0 Å². The van der Waals surface area contributed by atoms with Crippen LogP contribution in [0.1, 0.15) is 51.7 Å². The minimum absolute atomic E-state index is 0.152. The van der Waals surface area contributed by atoms with Crippen molar-refractivity contribution in [3.05, 3.63) is 126 Å². The number of furan rings is 1. The third kappa shape index (κ3) is 4.10. The second-order valence-corrected chi connectivity index (χ2v) is 12.5. The number of para-hydroxylation sites is 1. The molecule has 198 valence electrons. The van der Waals surface area contributed by atoms with Gasteiger partial charge >= 0.3 is 0 Å². The molecule has 1 aliphatic carbocycles. The average Bonchev–Trinajstić information content (AvgIpc) is 3.34. The lowest BCUT2D eigenvalue weighted by Gasteiger charge is -2.41. The Morgan fingerprint density at radius 1 is 0.500 bits per heavy atom. The second-order valence-electron chi connectivity index (χ2n) is 12.5. The minimum atomic E-state index is 0.152. The molecule has 1 heterocycles. The molecule has 1 aromatic heterocycles. The van der Waals surface area contributed by atoms with E-state index in [1.165, 1.54) is 45.9 Å². The molecule has 0 unspecified atom stereocenters. The quantitative estimate of drug-likeness (QED) is 0.229. The molecule has 40 heavy (non-hydrogen) atoms. The molecule has 0 amide bonds. The molecule has 2 heteroatoms. The first-order chi connectivity index (χ1) is 19.3. The Bertz CT molecular complexity index is 1830. The Morgan fingerprint density at radius 2 is 1.02 bits per heavy atom. The summed E-state index contributed by atoms with van der Waals surface area (Å²) in [4.78, 5) is 2.30. The predicted molar refractivity (Wildman–Crippen MR) is 169 cm³/mol. The Hall–Kier alpha value is -4.30. The highest BCUT2D eigenvalue weighted by atomic mass is 16.3. The van der Waals surface area contributed by atoms with Gasteiger partial charge in [-0.3, -0.25) is 0 Å². The highest BCUT2D eigenvalue weighted by Gasteiger charge is 2.37. The Kier molecular flexibility index (Phi) is 5.64. The molecular weight excluding hydrogens is 486 g/mol. The third-order valence-electron chi connectivity index (χ3n) is 8.93. The topological polar surface area (TPSA) is 16.4 Å². The molecule has 0 N–H and O–H groups in total. The maximum absolute atomic E-state index is 6.59. The molecule has 5 aromatic carbocycles. The second kappa shape index (κ2) is 9.13. The molecular formula is C38H35NO. The summed E-state index contributed by atoms with van der Waals surface area (Å²) in [6.45, 7) is 9.51. The van der Waals surface area contributed by atoms with Crippen molar-refractivity contribution >= 4 is 39.0 Å². The number of nitrogens with zero attached hydrogens (tertiary/aromatic N) is 1. The fourth-order valence-electron chi connectivity index (χ4n) is 6.42. The van der Waals surface area contributed by atoms with E-state index in [4.69, 9.17) is 4.42 Å². The fraction of sp³-hybridized carbons (Fsp3) is 0.211. The van der Waals surface area contributed by atoms with Crippen molar-refractivity contribution in [3.8, 4) is 11.1 Å². The maximum Gasteiger partial charge on any atom is 0.137 e. The van der Waals surface area contributed by atoms with Gasteiger partial charge in [0.2, 0.25) is 0 Å². The number of fused-ring (bicyclic) bond motifs is 4. The summed E-state index contributed by atoms with van der Waals surface area (Å²) in [5, 5.41) is 2.39. The molecule has 7 rings (SSSR count). The Morgan fingerprint density at radius 3 is 1.70 bits per heavy atom. The number of hydrogen-bond donors (Lipinski definition) is 0. The molecule has 6 aromatic rings. The van der Waals surface area contributed by atoms with Gasteiger partial charge < -0.3 is 9.32 Å². The molecule has 0 spiro atoms. The largest absolute Gasteiger partial charge is 0.456 e. The molecule has 1 aliphatic rings. The highest BCUT2D eigenvalue weighted by Crippen LogP contribution is 2.48. The minimum Gasteiger partial charge on any atom is -0.456 e. The van der Waals surface area contributed by atoms with Crippen molar-refractivity contribution < 1.29 is 4.42 Å². The van der Waals surface area contributed by atoms with Gasteiger partial charge in [-0.25, -0.2) is 0 Å². The molecule has 0 saturated heterocycles. The van der Waals surface area contributed by atoms with Crippen LogP contribution in [0.2, 0.25) is 0 Å². The van der Waals surface area contributed by atoms with Crippen LogP contribution < -0.4 is 4.90 Å². The van der Waals surface area contributed by atoms with Gasteiger partial charge in [-0.2, -0.15) is 0 Å². The van der Waals surface area contributed by atoms with E-state index in [1.807, 2.05) is 0 Å². The van der Waals surface area contributed by atoms with Crippen molar-refractivity contribution in [1.82, 2.24) is 0 Å². The van der Waals surface area contributed by atoms with Crippen LogP contribution in [-0.4, -0.2) is 0 Å². The predicted octanol–water partition coefficient (Wildman–Crippen LogP) is 11.1. The molecule has 0 atom stereocenters. The van der Waals surface area contributed by atoms with Gasteiger partial charge in [-0.05, 0) is 94.5 Å². The van der Waals surface area contributed by atoms with Gasteiger partial charge in [0.15, 0.2) is 0 Å². The summed E-state index contributed by atoms with van der Waals surface area (Å²) in [7, 11) is 0. The van der Waals surface area contributed by atoms with Crippen LogP contribution in [0.3, 0.4) is 0 Å². The van der Waals surface area contributed by atoms with Crippen molar-refractivity contribution in [1.29, 1.82) is 0 Å². The standard InChI is InChI=1S/C38H35NO/c1-37(2)21-22-38(3,4)34-25-36-32(24-33(34)37)31-20-19-30(23-35(31)40-36)39(28-13-9-6-10-14-28)29-17-15-27(16-18-29)26-11-7-5-8-12-26/h5-20,23-25H,21-22H2,1-4H3. The van der Waals surface area contributed by atoms with Crippen LogP contribution in [-0.2, 0) is 10.8 Å². The molecule has 0 radical (unpaired) electrons. The zero-order valence-corrected chi connectivity index (χ0v) is 23.7. The normalized spacial score (nSPS) is 15.7. The SMILES string of the molecule is CC1(C)CCC(C)(C)c2cc3c(cc21)oc1cc(N(c2ccccc2)c2ccc(-c4ccccc4)cc2)ccc13. The summed E-state index contributed by atoms with van der Waals surface area (Å²) in [6, 6.07) is 41.3.